The summed E-state index contributed by atoms with van der Waals surface area (Å²) in [7, 11) is 0. The number of aromatic nitrogens is 2. The highest BCUT2D eigenvalue weighted by molar-refractivity contribution is 7.99. The van der Waals surface area contributed by atoms with E-state index in [1.165, 1.54) is 11.8 Å². The van der Waals surface area contributed by atoms with E-state index in [0.717, 1.165) is 31.4 Å². The lowest BCUT2D eigenvalue weighted by atomic mass is 10.0. The van der Waals surface area contributed by atoms with E-state index in [4.69, 9.17) is 4.42 Å². The second-order valence-corrected chi connectivity index (χ2v) is 7.42. The number of likely N-dealkylation sites (tertiary alicyclic amines) is 1. The van der Waals surface area contributed by atoms with Crippen LogP contribution in [0.25, 0.3) is 0 Å². The Morgan fingerprint density at radius 1 is 1.33 bits per heavy atom. The zero-order valence-electron chi connectivity index (χ0n) is 15.4. The number of carbonyl (C=O) groups excluding carboxylic acids is 2. The van der Waals surface area contributed by atoms with Gasteiger partial charge in [-0.15, -0.1) is 10.2 Å². The third kappa shape index (κ3) is 5.56. The van der Waals surface area contributed by atoms with Crippen molar-refractivity contribution in [1.82, 2.24) is 20.4 Å². The molecule has 1 fully saturated rings. The molecule has 1 saturated heterocycles. The highest BCUT2D eigenvalue weighted by Crippen LogP contribution is 2.21. The Hall–Kier alpha value is -2.35. The van der Waals surface area contributed by atoms with Crippen LogP contribution in [0, 0.1) is 0 Å². The molecule has 0 aliphatic carbocycles. The molecule has 0 radical (unpaired) electrons. The molecular formula is C19H24N4O3S. The van der Waals surface area contributed by atoms with Gasteiger partial charge in [0.2, 0.25) is 17.7 Å². The molecule has 3 rings (SSSR count). The maximum absolute atomic E-state index is 12.3. The summed E-state index contributed by atoms with van der Waals surface area (Å²) in [6, 6.07) is 9.97. The van der Waals surface area contributed by atoms with Crippen molar-refractivity contribution in [3.8, 4) is 0 Å². The molecule has 7 nitrogen and oxygen atoms in total. The van der Waals surface area contributed by atoms with Crippen molar-refractivity contribution in [1.29, 1.82) is 0 Å². The molecule has 144 valence electrons. The molecule has 1 aliphatic rings. The number of rotatable bonds is 9. The fourth-order valence-electron chi connectivity index (χ4n) is 3.05. The second kappa shape index (κ2) is 9.55. The van der Waals surface area contributed by atoms with Gasteiger partial charge in [-0.3, -0.25) is 9.59 Å². The summed E-state index contributed by atoms with van der Waals surface area (Å²) in [6.45, 7) is 3.16. The van der Waals surface area contributed by atoms with Gasteiger partial charge in [-0.05, 0) is 18.4 Å². The summed E-state index contributed by atoms with van der Waals surface area (Å²) in [4.78, 5) is 25.7. The molecule has 1 aliphatic heterocycles. The molecular weight excluding hydrogens is 364 g/mol. The first-order chi connectivity index (χ1) is 13.2. The highest BCUT2D eigenvalue weighted by Gasteiger charge is 2.22. The quantitative estimate of drug-likeness (QED) is 0.665. The first-order valence-corrected chi connectivity index (χ1v) is 10.2. The SMILES string of the molecule is CCCC(NC(=O)CSc1nnc(CN2CCCC2=O)o1)c1ccccc1. The van der Waals surface area contributed by atoms with Gasteiger partial charge in [0.05, 0.1) is 18.3 Å². The van der Waals surface area contributed by atoms with Crippen LogP contribution in [0.15, 0.2) is 40.0 Å². The molecule has 0 saturated carbocycles. The molecule has 1 unspecified atom stereocenters. The second-order valence-electron chi connectivity index (χ2n) is 6.49. The summed E-state index contributed by atoms with van der Waals surface area (Å²) in [5.74, 6) is 0.653. The normalized spacial score (nSPS) is 15.1. The van der Waals surface area contributed by atoms with Crippen LogP contribution in [0.1, 0.15) is 50.1 Å². The van der Waals surface area contributed by atoms with Gasteiger partial charge < -0.3 is 14.6 Å². The Bertz CT molecular complexity index is 765. The van der Waals surface area contributed by atoms with Gasteiger partial charge in [0.1, 0.15) is 0 Å². The summed E-state index contributed by atoms with van der Waals surface area (Å²) in [5, 5.41) is 11.3. The van der Waals surface area contributed by atoms with Gasteiger partial charge in [0.25, 0.3) is 5.22 Å². The molecule has 1 atom stereocenters. The van der Waals surface area contributed by atoms with Crippen molar-refractivity contribution in [2.75, 3.05) is 12.3 Å². The maximum atomic E-state index is 12.3. The van der Waals surface area contributed by atoms with Crippen LogP contribution in [0.4, 0.5) is 0 Å². The van der Waals surface area contributed by atoms with Gasteiger partial charge in [-0.25, -0.2) is 0 Å². The van der Waals surface area contributed by atoms with Crippen LogP contribution >= 0.6 is 11.8 Å². The molecule has 2 heterocycles. The largest absolute Gasteiger partial charge is 0.414 e. The first kappa shape index (κ1) is 19.4. The Morgan fingerprint density at radius 2 is 2.15 bits per heavy atom. The predicted octanol–water partition coefficient (Wildman–Crippen LogP) is 2.94. The number of amides is 2. The van der Waals surface area contributed by atoms with Crippen molar-refractivity contribution < 1.29 is 14.0 Å². The Kier molecular flexibility index (Phi) is 6.86. The topological polar surface area (TPSA) is 88.3 Å². The molecule has 1 N–H and O–H groups in total. The first-order valence-electron chi connectivity index (χ1n) is 9.23. The van der Waals surface area contributed by atoms with Crippen LogP contribution in [0.5, 0.6) is 0 Å². The Labute approximate surface area is 162 Å². The average molecular weight is 388 g/mol. The third-order valence-electron chi connectivity index (χ3n) is 4.39. The number of hydrogen-bond acceptors (Lipinski definition) is 6. The van der Waals surface area contributed by atoms with E-state index in [1.54, 1.807) is 4.90 Å². The average Bonchev–Trinajstić information content (AvgIpc) is 3.30. The summed E-state index contributed by atoms with van der Waals surface area (Å²) in [6.07, 6.45) is 3.32. The number of nitrogens with zero attached hydrogens (tertiary/aromatic N) is 3. The number of benzene rings is 1. The van der Waals surface area contributed by atoms with E-state index < -0.39 is 0 Å². The highest BCUT2D eigenvalue weighted by atomic mass is 32.2. The monoisotopic (exact) mass is 388 g/mol. The molecule has 1 aromatic carbocycles. The van der Waals surface area contributed by atoms with Crippen LogP contribution in [-0.4, -0.2) is 39.2 Å². The van der Waals surface area contributed by atoms with Crippen LogP contribution < -0.4 is 5.32 Å². The zero-order chi connectivity index (χ0) is 19.1. The zero-order valence-corrected chi connectivity index (χ0v) is 16.2. The number of hydrogen-bond donors (Lipinski definition) is 1. The van der Waals surface area contributed by atoms with E-state index >= 15 is 0 Å². The van der Waals surface area contributed by atoms with Crippen LogP contribution in [0.2, 0.25) is 0 Å². The van der Waals surface area contributed by atoms with E-state index in [1.807, 2.05) is 30.3 Å². The van der Waals surface area contributed by atoms with Crippen molar-refractivity contribution in [2.45, 2.75) is 50.4 Å². The van der Waals surface area contributed by atoms with E-state index in [2.05, 4.69) is 22.4 Å². The predicted molar refractivity (Wildman–Crippen MR) is 102 cm³/mol. The van der Waals surface area contributed by atoms with Gasteiger partial charge in [0, 0.05) is 13.0 Å². The summed E-state index contributed by atoms with van der Waals surface area (Å²) >= 11 is 1.21. The van der Waals surface area contributed by atoms with Crippen molar-refractivity contribution in [3.05, 3.63) is 41.8 Å². The van der Waals surface area contributed by atoms with Crippen molar-refractivity contribution in [3.63, 3.8) is 0 Å². The smallest absolute Gasteiger partial charge is 0.277 e. The minimum Gasteiger partial charge on any atom is -0.414 e. The fourth-order valence-corrected chi connectivity index (χ4v) is 3.65. The molecule has 8 heteroatoms. The van der Waals surface area contributed by atoms with E-state index in [0.29, 0.717) is 24.1 Å². The molecule has 27 heavy (non-hydrogen) atoms. The van der Waals surface area contributed by atoms with E-state index in [-0.39, 0.29) is 23.6 Å². The third-order valence-corrected chi connectivity index (χ3v) is 5.21. The minimum atomic E-state index is -0.0724. The number of nitrogens with one attached hydrogen (secondary N) is 1. The fraction of sp³-hybridized carbons (Fsp3) is 0.474. The van der Waals surface area contributed by atoms with Crippen molar-refractivity contribution >= 4 is 23.6 Å². The number of carbonyl (C=O) groups is 2. The molecule has 0 bridgehead atoms. The lowest BCUT2D eigenvalue weighted by Crippen LogP contribution is -2.29. The summed E-state index contributed by atoms with van der Waals surface area (Å²) < 4.78 is 5.55. The number of thioether (sulfide) groups is 1. The van der Waals surface area contributed by atoms with Gasteiger partial charge >= 0.3 is 0 Å². The molecule has 2 amide bonds. The van der Waals surface area contributed by atoms with Gasteiger partial charge in [0.15, 0.2) is 0 Å². The van der Waals surface area contributed by atoms with Gasteiger partial charge in [-0.2, -0.15) is 0 Å². The maximum Gasteiger partial charge on any atom is 0.277 e. The van der Waals surface area contributed by atoms with Crippen LogP contribution in [-0.2, 0) is 16.1 Å². The lowest BCUT2D eigenvalue weighted by Gasteiger charge is -2.18. The Balaban J connectivity index is 1.49. The van der Waals surface area contributed by atoms with Crippen LogP contribution in [0.3, 0.4) is 0 Å². The Morgan fingerprint density at radius 3 is 2.85 bits per heavy atom. The standard InChI is InChI=1S/C19H24N4O3S/c1-2-7-15(14-8-4-3-5-9-14)20-16(24)13-27-19-22-21-17(26-19)12-23-11-6-10-18(23)25/h3-5,8-9,15H,2,6-7,10-13H2,1H3,(H,20,24). The van der Waals surface area contributed by atoms with Crippen molar-refractivity contribution in [2.24, 2.45) is 0 Å². The van der Waals surface area contributed by atoms with E-state index in [9.17, 15) is 9.59 Å². The molecule has 2 aromatic rings. The minimum absolute atomic E-state index is 0.00345. The van der Waals surface area contributed by atoms with Gasteiger partial charge in [-0.1, -0.05) is 55.4 Å². The molecule has 1 aromatic heterocycles. The molecule has 0 spiro atoms. The summed E-state index contributed by atoms with van der Waals surface area (Å²) in [5.41, 5.74) is 1.10. The lowest BCUT2D eigenvalue weighted by molar-refractivity contribution is -0.128.